The summed E-state index contributed by atoms with van der Waals surface area (Å²) in [7, 11) is 0. The van der Waals surface area contributed by atoms with E-state index in [1.165, 1.54) is 31.4 Å². The maximum Gasteiger partial charge on any atom is 0.335 e. The molecule has 0 aliphatic rings. The van der Waals surface area contributed by atoms with E-state index < -0.39 is 5.97 Å². The second-order valence-corrected chi connectivity index (χ2v) is 4.87. The Morgan fingerprint density at radius 3 is 2.25 bits per heavy atom. The Morgan fingerprint density at radius 2 is 1.65 bits per heavy atom. The van der Waals surface area contributed by atoms with Gasteiger partial charge in [0.1, 0.15) is 0 Å². The molecule has 20 heavy (non-hydrogen) atoms. The zero-order chi connectivity index (χ0) is 14.8. The van der Waals surface area contributed by atoms with E-state index in [1.54, 1.807) is 12.1 Å². The number of carbonyl (C=O) groups is 2. The lowest BCUT2D eigenvalue weighted by molar-refractivity contribution is 0.0696. The number of nitrogens with one attached hydrogen (secondary N) is 1. The van der Waals surface area contributed by atoms with Gasteiger partial charge in [-0.05, 0) is 25.1 Å². The van der Waals surface area contributed by atoms with Crippen LogP contribution in [0.1, 0.15) is 59.7 Å². The van der Waals surface area contributed by atoms with Crippen LogP contribution >= 0.6 is 0 Å². The Morgan fingerprint density at radius 1 is 1.00 bits per heavy atom. The van der Waals surface area contributed by atoms with Gasteiger partial charge in [0, 0.05) is 18.5 Å². The van der Waals surface area contributed by atoms with Crippen molar-refractivity contribution in [2.24, 2.45) is 0 Å². The fraction of sp³-hybridized carbons (Fsp3) is 0.500. The lowest BCUT2D eigenvalue weighted by atomic mass is 10.1. The van der Waals surface area contributed by atoms with Gasteiger partial charge in [-0.25, -0.2) is 4.79 Å². The third-order valence-corrected chi connectivity index (χ3v) is 3.19. The summed E-state index contributed by atoms with van der Waals surface area (Å²) in [6, 6.07) is 6.08. The first-order valence-electron chi connectivity index (χ1n) is 7.22. The number of Topliss-reactive ketones (excluding diaryl/α,β-unsaturated/α-hetero) is 1. The van der Waals surface area contributed by atoms with Crippen LogP contribution in [0.2, 0.25) is 0 Å². The molecular formula is C16H23NO3. The molecule has 0 aromatic heterocycles. The van der Waals surface area contributed by atoms with E-state index in [0.717, 1.165) is 13.0 Å². The highest BCUT2D eigenvalue weighted by Crippen LogP contribution is 2.07. The molecular weight excluding hydrogens is 254 g/mol. The minimum atomic E-state index is -0.974. The second kappa shape index (κ2) is 9.26. The summed E-state index contributed by atoms with van der Waals surface area (Å²) in [6.45, 7) is 3.80. The molecule has 0 aliphatic heterocycles. The Kier molecular flexibility index (Phi) is 7.58. The quantitative estimate of drug-likeness (QED) is 0.509. The molecule has 2 N–H and O–H groups in total. The van der Waals surface area contributed by atoms with Crippen molar-refractivity contribution in [3.8, 4) is 0 Å². The predicted octanol–water partition coefficient (Wildman–Crippen LogP) is 3.13. The van der Waals surface area contributed by atoms with Crippen molar-refractivity contribution in [3.05, 3.63) is 35.4 Å². The number of rotatable bonds is 10. The first-order valence-corrected chi connectivity index (χ1v) is 7.22. The first-order chi connectivity index (χ1) is 9.65. The standard InChI is InChI=1S/C16H23NO3/c1-2-3-4-5-11-17-12-10-15(18)13-6-8-14(9-7-13)16(19)20/h6-9,17H,2-5,10-12H2,1H3,(H,19,20). The lowest BCUT2D eigenvalue weighted by Gasteiger charge is -2.04. The summed E-state index contributed by atoms with van der Waals surface area (Å²) in [6.07, 6.45) is 5.31. The summed E-state index contributed by atoms with van der Waals surface area (Å²) >= 11 is 0. The van der Waals surface area contributed by atoms with E-state index in [2.05, 4.69) is 12.2 Å². The Bertz CT molecular complexity index is 426. The van der Waals surface area contributed by atoms with Gasteiger partial charge in [0.15, 0.2) is 5.78 Å². The van der Waals surface area contributed by atoms with Gasteiger partial charge in [0.05, 0.1) is 5.56 Å². The molecule has 0 spiro atoms. The maximum atomic E-state index is 11.9. The molecule has 1 aromatic carbocycles. The summed E-state index contributed by atoms with van der Waals surface area (Å²) < 4.78 is 0. The Labute approximate surface area is 120 Å². The van der Waals surface area contributed by atoms with Crippen molar-refractivity contribution in [2.45, 2.75) is 39.0 Å². The second-order valence-electron chi connectivity index (χ2n) is 4.87. The van der Waals surface area contributed by atoms with Crippen LogP contribution < -0.4 is 5.32 Å². The fourth-order valence-corrected chi connectivity index (χ4v) is 1.95. The van der Waals surface area contributed by atoms with Crippen LogP contribution in [0.5, 0.6) is 0 Å². The first kappa shape index (κ1) is 16.4. The van der Waals surface area contributed by atoms with Crippen LogP contribution in [-0.4, -0.2) is 29.9 Å². The summed E-state index contributed by atoms with van der Waals surface area (Å²) in [5.41, 5.74) is 0.776. The maximum absolute atomic E-state index is 11.9. The van der Waals surface area contributed by atoms with Crippen molar-refractivity contribution in [3.63, 3.8) is 0 Å². The zero-order valence-electron chi connectivity index (χ0n) is 12.0. The molecule has 4 heteroatoms. The normalized spacial score (nSPS) is 10.4. The van der Waals surface area contributed by atoms with Gasteiger partial charge >= 0.3 is 5.97 Å². The highest BCUT2D eigenvalue weighted by Gasteiger charge is 2.07. The molecule has 0 aliphatic carbocycles. The average molecular weight is 277 g/mol. The van der Waals surface area contributed by atoms with E-state index >= 15 is 0 Å². The number of carboxylic acids is 1. The summed E-state index contributed by atoms with van der Waals surface area (Å²) in [5.74, 6) is -0.930. The van der Waals surface area contributed by atoms with Gasteiger partial charge in [-0.1, -0.05) is 38.3 Å². The highest BCUT2D eigenvalue weighted by molar-refractivity contribution is 5.97. The number of hydrogen-bond acceptors (Lipinski definition) is 3. The molecule has 0 saturated heterocycles. The van der Waals surface area contributed by atoms with Crippen molar-refractivity contribution in [2.75, 3.05) is 13.1 Å². The van der Waals surface area contributed by atoms with Gasteiger partial charge < -0.3 is 10.4 Å². The lowest BCUT2D eigenvalue weighted by Crippen LogP contribution is -2.19. The minimum Gasteiger partial charge on any atom is -0.478 e. The van der Waals surface area contributed by atoms with Gasteiger partial charge in [-0.15, -0.1) is 0 Å². The van der Waals surface area contributed by atoms with Crippen LogP contribution in [0.3, 0.4) is 0 Å². The van der Waals surface area contributed by atoms with Crippen LogP contribution in [0.15, 0.2) is 24.3 Å². The molecule has 0 unspecified atom stereocenters. The molecule has 0 radical (unpaired) electrons. The van der Waals surface area contributed by atoms with Gasteiger partial charge in [-0.3, -0.25) is 4.79 Å². The van der Waals surface area contributed by atoms with Gasteiger partial charge in [0.25, 0.3) is 0 Å². The molecule has 1 aromatic rings. The van der Waals surface area contributed by atoms with E-state index in [9.17, 15) is 9.59 Å². The topological polar surface area (TPSA) is 66.4 Å². The van der Waals surface area contributed by atoms with Crippen molar-refractivity contribution >= 4 is 11.8 Å². The molecule has 0 amide bonds. The fourth-order valence-electron chi connectivity index (χ4n) is 1.95. The smallest absolute Gasteiger partial charge is 0.335 e. The van der Waals surface area contributed by atoms with Crippen LogP contribution in [0.4, 0.5) is 0 Å². The molecule has 0 fully saturated rings. The number of benzene rings is 1. The van der Waals surface area contributed by atoms with Crippen LogP contribution in [-0.2, 0) is 0 Å². The van der Waals surface area contributed by atoms with Crippen molar-refractivity contribution < 1.29 is 14.7 Å². The number of hydrogen-bond donors (Lipinski definition) is 2. The third-order valence-electron chi connectivity index (χ3n) is 3.19. The van der Waals surface area contributed by atoms with Crippen molar-refractivity contribution in [1.29, 1.82) is 0 Å². The highest BCUT2D eigenvalue weighted by atomic mass is 16.4. The summed E-state index contributed by atoms with van der Waals surface area (Å²) in [5, 5.41) is 12.0. The van der Waals surface area contributed by atoms with Crippen LogP contribution in [0.25, 0.3) is 0 Å². The molecule has 4 nitrogen and oxygen atoms in total. The largest absolute Gasteiger partial charge is 0.478 e. The van der Waals surface area contributed by atoms with Gasteiger partial charge in [0.2, 0.25) is 0 Å². The van der Waals surface area contributed by atoms with E-state index in [1.807, 2.05) is 0 Å². The number of ketones is 1. The molecule has 1 rings (SSSR count). The average Bonchev–Trinajstić information content (AvgIpc) is 2.46. The van der Waals surface area contributed by atoms with Crippen molar-refractivity contribution in [1.82, 2.24) is 5.32 Å². The van der Waals surface area contributed by atoms with Crippen LogP contribution in [0, 0.1) is 0 Å². The third kappa shape index (κ3) is 5.97. The Hall–Kier alpha value is -1.68. The van der Waals surface area contributed by atoms with E-state index in [4.69, 9.17) is 5.11 Å². The molecule has 0 saturated carbocycles. The number of aromatic carboxylic acids is 1. The van der Waals surface area contributed by atoms with E-state index in [-0.39, 0.29) is 11.3 Å². The molecule has 0 bridgehead atoms. The summed E-state index contributed by atoms with van der Waals surface area (Å²) in [4.78, 5) is 22.6. The zero-order valence-corrected chi connectivity index (χ0v) is 12.0. The van der Waals surface area contributed by atoms with Gasteiger partial charge in [-0.2, -0.15) is 0 Å². The molecule has 110 valence electrons. The number of unbranched alkanes of at least 4 members (excludes halogenated alkanes) is 3. The molecule has 0 atom stereocenters. The Balaban J connectivity index is 2.24. The number of carboxylic acid groups (broad SMARTS) is 1. The van der Waals surface area contributed by atoms with E-state index in [0.29, 0.717) is 18.5 Å². The minimum absolute atomic E-state index is 0.0444. The number of carbonyl (C=O) groups excluding carboxylic acids is 1. The molecule has 0 heterocycles. The predicted molar refractivity (Wildman–Crippen MR) is 79.4 cm³/mol. The monoisotopic (exact) mass is 277 g/mol. The SMILES string of the molecule is CCCCCCNCCC(=O)c1ccc(C(=O)O)cc1.